The van der Waals surface area contributed by atoms with Gasteiger partial charge < -0.3 is 19.5 Å². The third-order valence-corrected chi connectivity index (χ3v) is 3.33. The minimum atomic E-state index is -4.83. The van der Waals surface area contributed by atoms with Crippen LogP contribution in [0.4, 0.5) is 18.9 Å². The Bertz CT molecular complexity index is 824. The highest BCUT2D eigenvalue weighted by Crippen LogP contribution is 2.27. The van der Waals surface area contributed by atoms with Gasteiger partial charge in [0, 0.05) is 5.02 Å². The van der Waals surface area contributed by atoms with Crippen molar-refractivity contribution < 1.29 is 37.0 Å². The molecule has 0 spiro atoms. The SMILES string of the molecule is COc1ccc(Cl)cc1NC(=O)COC(=O)c1ccc(OC(F)(F)F)cc1. The number of alkyl halides is 3. The second-order valence-electron chi connectivity index (χ2n) is 5.04. The summed E-state index contributed by atoms with van der Waals surface area (Å²) in [6, 6.07) is 8.67. The largest absolute Gasteiger partial charge is 0.573 e. The number of carbonyl (C=O) groups excluding carboxylic acids is 2. The van der Waals surface area contributed by atoms with E-state index < -0.39 is 30.6 Å². The fourth-order valence-electron chi connectivity index (χ4n) is 1.97. The monoisotopic (exact) mass is 403 g/mol. The van der Waals surface area contributed by atoms with Gasteiger partial charge >= 0.3 is 12.3 Å². The minimum absolute atomic E-state index is 0.0438. The summed E-state index contributed by atoms with van der Waals surface area (Å²) in [6.45, 7) is -0.616. The van der Waals surface area contributed by atoms with Crippen LogP contribution in [0.5, 0.6) is 11.5 Å². The van der Waals surface area contributed by atoms with E-state index in [-0.39, 0.29) is 5.56 Å². The molecule has 0 radical (unpaired) electrons. The maximum atomic E-state index is 12.1. The van der Waals surface area contributed by atoms with Crippen LogP contribution in [0.1, 0.15) is 10.4 Å². The van der Waals surface area contributed by atoms with Crippen molar-refractivity contribution in [3.05, 3.63) is 53.1 Å². The van der Waals surface area contributed by atoms with Crippen molar-refractivity contribution in [2.45, 2.75) is 6.36 Å². The normalized spacial score (nSPS) is 10.9. The number of esters is 1. The lowest BCUT2D eigenvalue weighted by Crippen LogP contribution is -2.21. The van der Waals surface area contributed by atoms with Crippen molar-refractivity contribution in [2.24, 2.45) is 0 Å². The molecule has 0 heterocycles. The zero-order valence-electron chi connectivity index (χ0n) is 13.8. The van der Waals surface area contributed by atoms with E-state index in [4.69, 9.17) is 21.1 Å². The van der Waals surface area contributed by atoms with E-state index in [1.54, 1.807) is 12.1 Å². The molecule has 0 fully saturated rings. The van der Waals surface area contributed by atoms with Crippen molar-refractivity contribution in [1.82, 2.24) is 0 Å². The summed E-state index contributed by atoms with van der Waals surface area (Å²) in [6.07, 6.45) is -4.83. The molecular formula is C17H13ClF3NO5. The summed E-state index contributed by atoms with van der Waals surface area (Å²) in [5, 5.41) is 2.84. The summed E-state index contributed by atoms with van der Waals surface area (Å²) < 4.78 is 49.9. The Morgan fingerprint density at radius 3 is 2.37 bits per heavy atom. The standard InChI is InChI=1S/C17H13ClF3NO5/c1-25-14-7-4-11(18)8-13(14)22-15(23)9-26-16(24)10-2-5-12(6-3-10)27-17(19,20)21/h2-8H,9H2,1H3,(H,22,23). The smallest absolute Gasteiger partial charge is 0.495 e. The number of carbonyl (C=O) groups is 2. The molecule has 2 aromatic rings. The van der Waals surface area contributed by atoms with Gasteiger partial charge in [-0.05, 0) is 42.5 Å². The van der Waals surface area contributed by atoms with Gasteiger partial charge in [-0.2, -0.15) is 0 Å². The van der Waals surface area contributed by atoms with Crippen LogP contribution in [-0.4, -0.2) is 32.0 Å². The Hall–Kier alpha value is -2.94. The van der Waals surface area contributed by atoms with Crippen LogP contribution in [0.3, 0.4) is 0 Å². The molecule has 10 heteroatoms. The minimum Gasteiger partial charge on any atom is -0.495 e. The molecule has 144 valence electrons. The Morgan fingerprint density at radius 1 is 1.11 bits per heavy atom. The molecule has 0 aromatic heterocycles. The molecular weight excluding hydrogens is 391 g/mol. The summed E-state index contributed by atoms with van der Waals surface area (Å²) in [7, 11) is 1.41. The molecule has 0 unspecified atom stereocenters. The number of benzene rings is 2. The molecule has 0 bridgehead atoms. The average molecular weight is 404 g/mol. The first kappa shape index (κ1) is 20.4. The quantitative estimate of drug-likeness (QED) is 0.737. The Kier molecular flexibility index (Phi) is 6.51. The van der Waals surface area contributed by atoms with Crippen LogP contribution in [0.15, 0.2) is 42.5 Å². The highest BCUT2D eigenvalue weighted by atomic mass is 35.5. The molecule has 0 aliphatic carbocycles. The number of methoxy groups -OCH3 is 1. The maximum Gasteiger partial charge on any atom is 0.573 e. The van der Waals surface area contributed by atoms with E-state index in [9.17, 15) is 22.8 Å². The van der Waals surface area contributed by atoms with Gasteiger partial charge in [0.15, 0.2) is 6.61 Å². The fourth-order valence-corrected chi connectivity index (χ4v) is 2.14. The molecule has 1 N–H and O–H groups in total. The molecule has 0 saturated heterocycles. The Balaban J connectivity index is 1.91. The van der Waals surface area contributed by atoms with Gasteiger partial charge in [-0.25, -0.2) is 4.79 Å². The molecule has 2 rings (SSSR count). The first-order valence-electron chi connectivity index (χ1n) is 7.34. The lowest BCUT2D eigenvalue weighted by atomic mass is 10.2. The topological polar surface area (TPSA) is 73.9 Å². The van der Waals surface area contributed by atoms with Crippen molar-refractivity contribution in [3.63, 3.8) is 0 Å². The summed E-state index contributed by atoms with van der Waals surface area (Å²) in [4.78, 5) is 23.8. The van der Waals surface area contributed by atoms with Gasteiger partial charge in [-0.1, -0.05) is 11.6 Å². The molecule has 27 heavy (non-hydrogen) atoms. The van der Waals surface area contributed by atoms with E-state index in [0.29, 0.717) is 16.5 Å². The highest BCUT2D eigenvalue weighted by molar-refractivity contribution is 6.31. The Morgan fingerprint density at radius 2 is 1.78 bits per heavy atom. The molecule has 0 aliphatic rings. The zero-order valence-corrected chi connectivity index (χ0v) is 14.6. The van der Waals surface area contributed by atoms with Crippen LogP contribution >= 0.6 is 11.6 Å². The molecule has 0 saturated carbocycles. The maximum absolute atomic E-state index is 12.1. The van der Waals surface area contributed by atoms with Crippen molar-refractivity contribution in [2.75, 3.05) is 19.0 Å². The van der Waals surface area contributed by atoms with E-state index in [2.05, 4.69) is 10.1 Å². The van der Waals surface area contributed by atoms with E-state index >= 15 is 0 Å². The van der Waals surface area contributed by atoms with Gasteiger partial charge in [-0.15, -0.1) is 13.2 Å². The van der Waals surface area contributed by atoms with Crippen LogP contribution in [0.2, 0.25) is 5.02 Å². The molecule has 2 aromatic carbocycles. The van der Waals surface area contributed by atoms with Crippen LogP contribution in [0, 0.1) is 0 Å². The fraction of sp³-hybridized carbons (Fsp3) is 0.176. The number of nitrogens with one attached hydrogen (secondary N) is 1. The summed E-state index contributed by atoms with van der Waals surface area (Å²) in [5.74, 6) is -1.66. The van der Waals surface area contributed by atoms with Crippen molar-refractivity contribution in [1.29, 1.82) is 0 Å². The zero-order chi connectivity index (χ0) is 20.0. The third-order valence-electron chi connectivity index (χ3n) is 3.09. The number of hydrogen-bond acceptors (Lipinski definition) is 5. The lowest BCUT2D eigenvalue weighted by molar-refractivity contribution is -0.274. The third kappa shape index (κ3) is 6.37. The second kappa shape index (κ2) is 8.63. The van der Waals surface area contributed by atoms with Crippen LogP contribution in [0.25, 0.3) is 0 Å². The van der Waals surface area contributed by atoms with E-state index in [0.717, 1.165) is 24.3 Å². The first-order chi connectivity index (χ1) is 12.7. The number of anilines is 1. The second-order valence-corrected chi connectivity index (χ2v) is 5.48. The van der Waals surface area contributed by atoms with Gasteiger partial charge in [0.05, 0.1) is 18.4 Å². The number of hydrogen-bond donors (Lipinski definition) is 1. The molecule has 0 aliphatic heterocycles. The Labute approximate surface area is 156 Å². The van der Waals surface area contributed by atoms with Gasteiger partial charge in [0.2, 0.25) is 0 Å². The van der Waals surface area contributed by atoms with Gasteiger partial charge in [-0.3, -0.25) is 4.79 Å². The van der Waals surface area contributed by atoms with E-state index in [1.807, 2.05) is 0 Å². The predicted molar refractivity (Wildman–Crippen MR) is 90.0 cm³/mol. The molecule has 1 amide bonds. The van der Waals surface area contributed by atoms with Crippen molar-refractivity contribution >= 4 is 29.2 Å². The summed E-state index contributed by atoms with van der Waals surface area (Å²) in [5.41, 5.74) is 0.248. The van der Waals surface area contributed by atoms with Gasteiger partial charge in [0.25, 0.3) is 5.91 Å². The number of ether oxygens (including phenoxy) is 3. The van der Waals surface area contributed by atoms with Crippen LogP contribution < -0.4 is 14.8 Å². The molecule has 0 atom stereocenters. The number of rotatable bonds is 6. The van der Waals surface area contributed by atoms with Crippen molar-refractivity contribution in [3.8, 4) is 11.5 Å². The predicted octanol–water partition coefficient (Wildman–Crippen LogP) is 4.04. The van der Waals surface area contributed by atoms with E-state index in [1.165, 1.54) is 13.2 Å². The van der Waals surface area contributed by atoms with Crippen LogP contribution in [-0.2, 0) is 9.53 Å². The average Bonchev–Trinajstić information content (AvgIpc) is 2.59. The summed E-state index contributed by atoms with van der Waals surface area (Å²) >= 11 is 5.84. The number of amides is 1. The van der Waals surface area contributed by atoms with Gasteiger partial charge in [0.1, 0.15) is 11.5 Å². The first-order valence-corrected chi connectivity index (χ1v) is 7.72. The number of halogens is 4. The lowest BCUT2D eigenvalue weighted by Gasteiger charge is -2.11. The highest BCUT2D eigenvalue weighted by Gasteiger charge is 2.31. The molecule has 6 nitrogen and oxygen atoms in total.